The zero-order valence-electron chi connectivity index (χ0n) is 11.1. The molecule has 1 aliphatic rings. The number of carbonyl (C=O) groups is 1. The van der Waals surface area contributed by atoms with Crippen molar-refractivity contribution in [2.24, 2.45) is 0 Å². The van der Waals surface area contributed by atoms with E-state index in [4.69, 9.17) is 9.15 Å². The van der Waals surface area contributed by atoms with Crippen LogP contribution in [0.4, 0.5) is 0 Å². The summed E-state index contributed by atoms with van der Waals surface area (Å²) in [6.45, 7) is 0. The van der Waals surface area contributed by atoms with Crippen molar-refractivity contribution in [3.63, 3.8) is 0 Å². The third kappa shape index (κ3) is 2.21. The van der Waals surface area contributed by atoms with Gasteiger partial charge in [-0.2, -0.15) is 0 Å². The van der Waals surface area contributed by atoms with E-state index in [0.717, 1.165) is 21.6 Å². The van der Waals surface area contributed by atoms with E-state index in [1.54, 1.807) is 17.8 Å². The number of furan rings is 1. The topological polar surface area (TPSA) is 39.4 Å². The summed E-state index contributed by atoms with van der Waals surface area (Å²) in [5, 5.41) is 0.935. The summed E-state index contributed by atoms with van der Waals surface area (Å²) in [6.07, 6.45) is -0.495. The predicted octanol–water partition coefficient (Wildman–Crippen LogP) is 4.17. The molecule has 2 heterocycles. The molecule has 0 radical (unpaired) electrons. The fraction of sp³-hybridized carbons (Fsp3) is 0.118. The van der Waals surface area contributed by atoms with Gasteiger partial charge in [0.15, 0.2) is 11.9 Å². The third-order valence-electron chi connectivity index (χ3n) is 3.47. The van der Waals surface area contributed by atoms with Gasteiger partial charge in [0.2, 0.25) is 5.78 Å². The van der Waals surface area contributed by atoms with Crippen molar-refractivity contribution in [1.82, 2.24) is 0 Å². The Morgan fingerprint density at radius 3 is 2.81 bits per heavy atom. The Labute approximate surface area is 125 Å². The van der Waals surface area contributed by atoms with Crippen molar-refractivity contribution in [3.05, 3.63) is 60.4 Å². The van der Waals surface area contributed by atoms with Crippen molar-refractivity contribution in [1.29, 1.82) is 0 Å². The van der Waals surface area contributed by atoms with Crippen LogP contribution in [0.25, 0.3) is 11.0 Å². The Morgan fingerprint density at radius 1 is 1.10 bits per heavy atom. The minimum absolute atomic E-state index is 0.104. The van der Waals surface area contributed by atoms with Gasteiger partial charge in [0, 0.05) is 16.0 Å². The van der Waals surface area contributed by atoms with Gasteiger partial charge in [-0.15, -0.1) is 11.8 Å². The molecule has 0 N–H and O–H groups in total. The average Bonchev–Trinajstić information content (AvgIpc) is 2.97. The van der Waals surface area contributed by atoms with Crippen molar-refractivity contribution in [2.75, 3.05) is 5.75 Å². The average molecular weight is 296 g/mol. The van der Waals surface area contributed by atoms with Crippen LogP contribution < -0.4 is 4.74 Å². The lowest BCUT2D eigenvalue weighted by Crippen LogP contribution is -2.32. The minimum Gasteiger partial charge on any atom is -0.480 e. The number of benzene rings is 2. The van der Waals surface area contributed by atoms with Gasteiger partial charge in [0.25, 0.3) is 0 Å². The highest BCUT2D eigenvalue weighted by atomic mass is 32.2. The number of fused-ring (bicyclic) bond motifs is 2. The van der Waals surface area contributed by atoms with Gasteiger partial charge in [-0.3, -0.25) is 4.79 Å². The second kappa shape index (κ2) is 4.97. The van der Waals surface area contributed by atoms with Gasteiger partial charge in [0.05, 0.1) is 0 Å². The number of hydrogen-bond acceptors (Lipinski definition) is 4. The van der Waals surface area contributed by atoms with Crippen LogP contribution in [0.15, 0.2) is 63.9 Å². The van der Waals surface area contributed by atoms with Crippen LogP contribution in [0.5, 0.6) is 5.75 Å². The fourth-order valence-electron chi connectivity index (χ4n) is 2.41. The lowest BCUT2D eigenvalue weighted by atomic mass is 10.2. The van der Waals surface area contributed by atoms with E-state index in [9.17, 15) is 4.79 Å². The normalized spacial score (nSPS) is 17.2. The number of para-hydroxylation sites is 2. The number of ether oxygens (including phenoxy) is 1. The van der Waals surface area contributed by atoms with E-state index in [0.29, 0.717) is 11.5 Å². The van der Waals surface area contributed by atoms with Crippen LogP contribution in [-0.4, -0.2) is 17.6 Å². The number of Topliss-reactive ketones (excluding diaryl/α,β-unsaturated/α-hetero) is 1. The first kappa shape index (κ1) is 12.5. The molecule has 0 spiro atoms. The van der Waals surface area contributed by atoms with Crippen LogP contribution >= 0.6 is 11.8 Å². The Hall–Kier alpha value is -2.20. The van der Waals surface area contributed by atoms with Crippen LogP contribution in [0.1, 0.15) is 10.6 Å². The molecule has 1 atom stereocenters. The molecule has 4 rings (SSSR count). The lowest BCUT2D eigenvalue weighted by molar-refractivity contribution is 0.0788. The number of rotatable bonds is 2. The van der Waals surface area contributed by atoms with E-state index >= 15 is 0 Å². The molecule has 1 aliphatic heterocycles. The molecule has 3 nitrogen and oxygen atoms in total. The summed E-state index contributed by atoms with van der Waals surface area (Å²) < 4.78 is 11.4. The molecule has 4 heteroatoms. The van der Waals surface area contributed by atoms with Crippen molar-refractivity contribution in [2.45, 2.75) is 11.0 Å². The molecule has 0 amide bonds. The second-order valence-electron chi connectivity index (χ2n) is 4.88. The molecule has 0 saturated heterocycles. The van der Waals surface area contributed by atoms with Crippen LogP contribution in [0.2, 0.25) is 0 Å². The first-order chi connectivity index (χ1) is 10.3. The second-order valence-corrected chi connectivity index (χ2v) is 5.94. The molecule has 3 aromatic rings. The molecule has 2 aromatic carbocycles. The van der Waals surface area contributed by atoms with Crippen molar-refractivity contribution >= 4 is 28.5 Å². The fourth-order valence-corrected chi connectivity index (χ4v) is 3.39. The molecule has 1 unspecified atom stereocenters. The number of carbonyl (C=O) groups excluding carboxylic acids is 1. The molecule has 104 valence electrons. The third-order valence-corrected chi connectivity index (χ3v) is 4.59. The molecule has 21 heavy (non-hydrogen) atoms. The summed E-state index contributed by atoms with van der Waals surface area (Å²) >= 11 is 1.64. The minimum atomic E-state index is -0.495. The summed E-state index contributed by atoms with van der Waals surface area (Å²) in [5.41, 5.74) is 0.727. The number of thioether (sulfide) groups is 1. The first-order valence-electron chi connectivity index (χ1n) is 6.72. The van der Waals surface area contributed by atoms with Crippen molar-refractivity contribution in [3.8, 4) is 5.75 Å². The van der Waals surface area contributed by atoms with Gasteiger partial charge in [-0.1, -0.05) is 30.3 Å². The molecule has 0 bridgehead atoms. The molecular formula is C17H12O3S. The zero-order valence-corrected chi connectivity index (χ0v) is 11.9. The SMILES string of the molecule is O=C(c1cc2ccccc2o1)C1CSc2ccccc2O1. The lowest BCUT2D eigenvalue weighted by Gasteiger charge is -2.23. The van der Waals surface area contributed by atoms with Gasteiger partial charge in [0.1, 0.15) is 11.3 Å². The maximum absolute atomic E-state index is 12.5. The van der Waals surface area contributed by atoms with Gasteiger partial charge >= 0.3 is 0 Å². The van der Waals surface area contributed by atoms with Crippen LogP contribution in [0.3, 0.4) is 0 Å². The van der Waals surface area contributed by atoms with E-state index in [2.05, 4.69) is 0 Å². The van der Waals surface area contributed by atoms with E-state index in [1.807, 2.05) is 48.5 Å². The zero-order chi connectivity index (χ0) is 14.2. The van der Waals surface area contributed by atoms with Gasteiger partial charge in [-0.05, 0) is 24.3 Å². The number of ketones is 1. The molecule has 0 aliphatic carbocycles. The van der Waals surface area contributed by atoms with E-state index in [-0.39, 0.29) is 5.78 Å². The standard InChI is InChI=1S/C17H12O3S/c18-17(14-9-11-5-1-2-6-12(11)19-14)15-10-21-16-8-4-3-7-13(16)20-15/h1-9,15H,10H2. The summed E-state index contributed by atoms with van der Waals surface area (Å²) in [5.74, 6) is 1.63. The summed E-state index contributed by atoms with van der Waals surface area (Å²) in [4.78, 5) is 13.6. The highest BCUT2D eigenvalue weighted by molar-refractivity contribution is 7.99. The summed E-state index contributed by atoms with van der Waals surface area (Å²) in [7, 11) is 0. The predicted molar refractivity (Wildman–Crippen MR) is 82.1 cm³/mol. The highest BCUT2D eigenvalue weighted by Gasteiger charge is 2.29. The largest absolute Gasteiger partial charge is 0.480 e. The van der Waals surface area contributed by atoms with Gasteiger partial charge < -0.3 is 9.15 Å². The quantitative estimate of drug-likeness (QED) is 0.665. The Bertz CT molecular complexity index is 789. The van der Waals surface area contributed by atoms with E-state index in [1.165, 1.54) is 0 Å². The summed E-state index contributed by atoms with van der Waals surface area (Å²) in [6, 6.07) is 17.2. The molecule has 0 saturated carbocycles. The monoisotopic (exact) mass is 296 g/mol. The Kier molecular flexibility index (Phi) is 2.97. The molecule has 1 aromatic heterocycles. The first-order valence-corrected chi connectivity index (χ1v) is 7.71. The van der Waals surface area contributed by atoms with Crippen LogP contribution in [-0.2, 0) is 0 Å². The van der Waals surface area contributed by atoms with E-state index < -0.39 is 6.10 Å². The maximum atomic E-state index is 12.5. The molecular weight excluding hydrogens is 284 g/mol. The molecule has 0 fully saturated rings. The van der Waals surface area contributed by atoms with Crippen LogP contribution in [0, 0.1) is 0 Å². The Morgan fingerprint density at radius 2 is 1.90 bits per heavy atom. The van der Waals surface area contributed by atoms with Crippen molar-refractivity contribution < 1.29 is 13.9 Å². The maximum Gasteiger partial charge on any atom is 0.239 e. The smallest absolute Gasteiger partial charge is 0.239 e. The van der Waals surface area contributed by atoms with Gasteiger partial charge in [-0.25, -0.2) is 0 Å². The number of hydrogen-bond donors (Lipinski definition) is 0. The Balaban J connectivity index is 1.63. The highest BCUT2D eigenvalue weighted by Crippen LogP contribution is 2.36.